The summed E-state index contributed by atoms with van der Waals surface area (Å²) in [5.41, 5.74) is 5.09. The zero-order valence-corrected chi connectivity index (χ0v) is 13.2. The maximum Gasteiger partial charge on any atom is 0.227 e. The highest BCUT2D eigenvalue weighted by Crippen LogP contribution is 2.24. The topological polar surface area (TPSA) is 55.1 Å². The molecule has 3 nitrogen and oxygen atoms in total. The highest BCUT2D eigenvalue weighted by molar-refractivity contribution is 5.85. The molecule has 0 spiro atoms. The fourth-order valence-electron chi connectivity index (χ4n) is 2.21. The van der Waals surface area contributed by atoms with Gasteiger partial charge in [0, 0.05) is 18.7 Å². The van der Waals surface area contributed by atoms with Crippen molar-refractivity contribution in [2.75, 3.05) is 13.1 Å². The molecule has 1 amide bonds. The second kappa shape index (κ2) is 8.95. The zero-order chi connectivity index (χ0) is 15.2. The summed E-state index contributed by atoms with van der Waals surface area (Å²) in [6.07, 6.45) is 1.40. The Hall–Kier alpha value is -1.20. The highest BCUT2D eigenvalue weighted by Gasteiger charge is 2.32. The maximum absolute atomic E-state index is 13.4. The Labute approximate surface area is 130 Å². The van der Waals surface area contributed by atoms with Crippen molar-refractivity contribution in [3.8, 4) is 0 Å². The third-order valence-electron chi connectivity index (χ3n) is 3.95. The van der Waals surface area contributed by atoms with Crippen LogP contribution in [0.4, 0.5) is 8.78 Å². The lowest BCUT2D eigenvalue weighted by atomic mass is 9.81. The molecule has 0 saturated heterocycles. The van der Waals surface area contributed by atoms with Gasteiger partial charge in [-0.2, -0.15) is 0 Å². The van der Waals surface area contributed by atoms with Crippen molar-refractivity contribution in [2.45, 2.75) is 33.1 Å². The smallest absolute Gasteiger partial charge is 0.227 e. The monoisotopic (exact) mass is 320 g/mol. The molecular weight excluding hydrogens is 298 g/mol. The van der Waals surface area contributed by atoms with Crippen molar-refractivity contribution in [3.63, 3.8) is 0 Å². The number of benzene rings is 1. The number of amides is 1. The molecule has 0 aliphatic rings. The molecule has 1 aromatic carbocycles. The van der Waals surface area contributed by atoms with E-state index < -0.39 is 17.0 Å². The molecule has 0 aliphatic heterocycles. The molecule has 0 unspecified atom stereocenters. The van der Waals surface area contributed by atoms with Crippen LogP contribution in [-0.4, -0.2) is 19.0 Å². The average molecular weight is 321 g/mol. The second-order valence-corrected chi connectivity index (χ2v) is 4.90. The van der Waals surface area contributed by atoms with E-state index in [4.69, 9.17) is 5.73 Å². The zero-order valence-electron chi connectivity index (χ0n) is 12.4. The van der Waals surface area contributed by atoms with Gasteiger partial charge in [-0.1, -0.05) is 19.9 Å². The Kier molecular flexibility index (Phi) is 8.44. The number of carbonyl (C=O) groups is 1. The second-order valence-electron chi connectivity index (χ2n) is 4.90. The van der Waals surface area contributed by atoms with Gasteiger partial charge in [0.05, 0.1) is 5.41 Å². The van der Waals surface area contributed by atoms with E-state index >= 15 is 0 Å². The molecule has 3 N–H and O–H groups in total. The molecule has 0 fully saturated rings. The van der Waals surface area contributed by atoms with Gasteiger partial charge in [0.15, 0.2) is 0 Å². The van der Waals surface area contributed by atoms with Crippen molar-refractivity contribution < 1.29 is 13.6 Å². The van der Waals surface area contributed by atoms with Crippen LogP contribution in [0, 0.1) is 17.0 Å². The van der Waals surface area contributed by atoms with Gasteiger partial charge < -0.3 is 11.1 Å². The molecule has 0 atom stereocenters. The van der Waals surface area contributed by atoms with E-state index in [-0.39, 0.29) is 43.4 Å². The SMILES string of the molecule is CCC(CC)(CN)C(=O)NCCc1c(F)cccc1F.Cl. The normalized spacial score (nSPS) is 10.9. The summed E-state index contributed by atoms with van der Waals surface area (Å²) in [6, 6.07) is 3.74. The number of rotatable bonds is 7. The number of halogens is 3. The predicted molar refractivity (Wildman–Crippen MR) is 82.4 cm³/mol. The minimum atomic E-state index is -0.590. The standard InChI is InChI=1S/C15H22F2N2O.ClH/c1-3-15(4-2,10-18)14(20)19-9-8-11-12(16)6-5-7-13(11)17;/h5-7H,3-4,8-10,18H2,1-2H3,(H,19,20);1H. The molecule has 0 aliphatic carbocycles. The van der Waals surface area contributed by atoms with Gasteiger partial charge in [0.1, 0.15) is 11.6 Å². The van der Waals surface area contributed by atoms with E-state index in [0.29, 0.717) is 12.8 Å². The summed E-state index contributed by atoms with van der Waals surface area (Å²) < 4.78 is 26.9. The lowest BCUT2D eigenvalue weighted by Crippen LogP contribution is -2.45. The van der Waals surface area contributed by atoms with Gasteiger partial charge in [0.25, 0.3) is 0 Å². The first kappa shape index (κ1) is 19.8. The van der Waals surface area contributed by atoms with Crippen LogP contribution < -0.4 is 11.1 Å². The fraction of sp³-hybridized carbons (Fsp3) is 0.533. The van der Waals surface area contributed by atoms with Crippen LogP contribution in [0.3, 0.4) is 0 Å². The van der Waals surface area contributed by atoms with Crippen LogP contribution in [0.15, 0.2) is 18.2 Å². The number of hydrogen-bond acceptors (Lipinski definition) is 2. The molecule has 0 heterocycles. The van der Waals surface area contributed by atoms with Crippen molar-refractivity contribution >= 4 is 18.3 Å². The summed E-state index contributed by atoms with van der Waals surface area (Å²) in [4.78, 5) is 12.1. The van der Waals surface area contributed by atoms with Crippen LogP contribution in [0.25, 0.3) is 0 Å². The van der Waals surface area contributed by atoms with Crippen LogP contribution in [0.1, 0.15) is 32.3 Å². The molecule has 0 saturated carbocycles. The van der Waals surface area contributed by atoms with Crippen LogP contribution in [-0.2, 0) is 11.2 Å². The van der Waals surface area contributed by atoms with Gasteiger partial charge in [-0.05, 0) is 31.4 Å². The Balaban J connectivity index is 0.00000400. The van der Waals surface area contributed by atoms with Crippen LogP contribution in [0.2, 0.25) is 0 Å². The minimum Gasteiger partial charge on any atom is -0.355 e. The Morgan fingerprint density at radius 1 is 1.24 bits per heavy atom. The number of carbonyl (C=O) groups excluding carboxylic acids is 1. The maximum atomic E-state index is 13.4. The molecule has 6 heteroatoms. The lowest BCUT2D eigenvalue weighted by Gasteiger charge is -2.28. The van der Waals surface area contributed by atoms with Crippen molar-refractivity contribution in [3.05, 3.63) is 35.4 Å². The largest absolute Gasteiger partial charge is 0.355 e. The van der Waals surface area contributed by atoms with Gasteiger partial charge in [-0.15, -0.1) is 12.4 Å². The molecule has 0 bridgehead atoms. The summed E-state index contributed by atoms with van der Waals surface area (Å²) in [5, 5.41) is 2.73. The Morgan fingerprint density at radius 2 is 1.76 bits per heavy atom. The van der Waals surface area contributed by atoms with E-state index in [9.17, 15) is 13.6 Å². The van der Waals surface area contributed by atoms with Crippen molar-refractivity contribution in [1.82, 2.24) is 5.32 Å². The van der Waals surface area contributed by atoms with Crippen molar-refractivity contribution in [1.29, 1.82) is 0 Å². The molecule has 1 rings (SSSR count). The Bertz CT molecular complexity index is 436. The highest BCUT2D eigenvalue weighted by atomic mass is 35.5. The molecule has 0 aromatic heterocycles. The number of nitrogens with two attached hydrogens (primary N) is 1. The van der Waals surface area contributed by atoms with E-state index in [1.165, 1.54) is 18.2 Å². The van der Waals surface area contributed by atoms with Gasteiger partial charge >= 0.3 is 0 Å². The molecule has 0 radical (unpaired) electrons. The first-order chi connectivity index (χ1) is 9.50. The van der Waals surface area contributed by atoms with E-state index in [0.717, 1.165) is 0 Å². The third kappa shape index (κ3) is 4.64. The molecular formula is C15H23ClF2N2O. The fourth-order valence-corrected chi connectivity index (χ4v) is 2.21. The summed E-state index contributed by atoms with van der Waals surface area (Å²) in [6.45, 7) is 4.28. The van der Waals surface area contributed by atoms with E-state index in [1.54, 1.807) is 0 Å². The quantitative estimate of drug-likeness (QED) is 0.811. The average Bonchev–Trinajstić information content (AvgIpc) is 2.44. The van der Waals surface area contributed by atoms with E-state index in [1.807, 2.05) is 13.8 Å². The third-order valence-corrected chi connectivity index (χ3v) is 3.95. The predicted octanol–water partition coefficient (Wildman–Crippen LogP) is 2.81. The molecule has 1 aromatic rings. The Morgan fingerprint density at radius 3 is 2.19 bits per heavy atom. The summed E-state index contributed by atoms with van der Waals surface area (Å²) >= 11 is 0. The lowest BCUT2D eigenvalue weighted by molar-refractivity contribution is -0.131. The minimum absolute atomic E-state index is 0. The molecule has 21 heavy (non-hydrogen) atoms. The first-order valence-corrected chi connectivity index (χ1v) is 6.92. The first-order valence-electron chi connectivity index (χ1n) is 6.92. The number of hydrogen-bond donors (Lipinski definition) is 2. The van der Waals surface area contributed by atoms with Crippen LogP contribution in [0.5, 0.6) is 0 Å². The summed E-state index contributed by atoms with van der Waals surface area (Å²) in [5.74, 6) is -1.33. The van der Waals surface area contributed by atoms with Crippen molar-refractivity contribution in [2.24, 2.45) is 11.1 Å². The van der Waals surface area contributed by atoms with Crippen LogP contribution >= 0.6 is 12.4 Å². The van der Waals surface area contributed by atoms with Gasteiger partial charge in [-0.3, -0.25) is 4.79 Å². The van der Waals surface area contributed by atoms with Gasteiger partial charge in [0.2, 0.25) is 5.91 Å². The summed E-state index contributed by atoms with van der Waals surface area (Å²) in [7, 11) is 0. The van der Waals surface area contributed by atoms with E-state index in [2.05, 4.69) is 5.32 Å². The number of nitrogens with one attached hydrogen (secondary N) is 1. The molecule has 120 valence electrons. The van der Waals surface area contributed by atoms with Gasteiger partial charge in [-0.25, -0.2) is 8.78 Å².